The lowest BCUT2D eigenvalue weighted by atomic mass is 10.1. The summed E-state index contributed by atoms with van der Waals surface area (Å²) in [4.78, 5) is 2.01. The van der Waals surface area contributed by atoms with Gasteiger partial charge in [0.2, 0.25) is 0 Å². The number of hydrogen-bond donors (Lipinski definition) is 2. The molecule has 1 aliphatic rings. The zero-order valence-electron chi connectivity index (χ0n) is 11.2. The standard InChI is InChI=1S/C14H21FN2O2/c1-11(16-4-7-18)12-2-3-14(13(15)10-12)17-5-8-19-9-6-17/h2-3,10-11,16,18H,4-9H2,1H3/t11-/m1/s1. The maximum Gasteiger partial charge on any atom is 0.146 e. The molecule has 0 spiro atoms. The largest absolute Gasteiger partial charge is 0.395 e. The summed E-state index contributed by atoms with van der Waals surface area (Å²) in [7, 11) is 0. The summed E-state index contributed by atoms with van der Waals surface area (Å²) < 4.78 is 19.4. The number of morpholine rings is 1. The molecule has 2 rings (SSSR count). The average Bonchev–Trinajstić information content (AvgIpc) is 2.45. The number of hydrogen-bond acceptors (Lipinski definition) is 4. The van der Waals surface area contributed by atoms with E-state index in [1.54, 1.807) is 6.07 Å². The van der Waals surface area contributed by atoms with Gasteiger partial charge in [-0.25, -0.2) is 4.39 Å². The fourth-order valence-corrected chi connectivity index (χ4v) is 2.25. The number of anilines is 1. The number of aliphatic hydroxyl groups is 1. The van der Waals surface area contributed by atoms with Crippen molar-refractivity contribution in [3.63, 3.8) is 0 Å². The van der Waals surface area contributed by atoms with Crippen LogP contribution in [0.25, 0.3) is 0 Å². The summed E-state index contributed by atoms with van der Waals surface area (Å²) >= 11 is 0. The van der Waals surface area contributed by atoms with Crippen LogP contribution in [-0.2, 0) is 4.74 Å². The van der Waals surface area contributed by atoms with E-state index < -0.39 is 0 Å². The predicted octanol–water partition coefficient (Wildman–Crippen LogP) is 1.31. The van der Waals surface area contributed by atoms with Gasteiger partial charge in [-0.05, 0) is 24.6 Å². The third-order valence-electron chi connectivity index (χ3n) is 3.39. The van der Waals surface area contributed by atoms with Gasteiger partial charge in [0, 0.05) is 25.7 Å². The second kappa shape index (κ2) is 6.84. The van der Waals surface area contributed by atoms with Crippen molar-refractivity contribution in [2.24, 2.45) is 0 Å². The minimum Gasteiger partial charge on any atom is -0.395 e. The number of benzene rings is 1. The maximum absolute atomic E-state index is 14.2. The Hall–Kier alpha value is -1.17. The van der Waals surface area contributed by atoms with Crippen LogP contribution in [0, 0.1) is 5.82 Å². The van der Waals surface area contributed by atoms with Gasteiger partial charge < -0.3 is 20.1 Å². The molecule has 1 heterocycles. The van der Waals surface area contributed by atoms with Crippen molar-refractivity contribution in [1.29, 1.82) is 0 Å². The zero-order chi connectivity index (χ0) is 13.7. The summed E-state index contributed by atoms with van der Waals surface area (Å²) in [6.07, 6.45) is 0. The monoisotopic (exact) mass is 268 g/mol. The molecule has 1 atom stereocenters. The zero-order valence-corrected chi connectivity index (χ0v) is 11.2. The van der Waals surface area contributed by atoms with E-state index in [0.717, 1.165) is 18.7 Å². The van der Waals surface area contributed by atoms with Crippen LogP contribution in [0.5, 0.6) is 0 Å². The smallest absolute Gasteiger partial charge is 0.146 e. The number of halogens is 1. The van der Waals surface area contributed by atoms with Crippen LogP contribution >= 0.6 is 0 Å². The van der Waals surface area contributed by atoms with Crippen molar-refractivity contribution in [2.75, 3.05) is 44.4 Å². The molecule has 2 N–H and O–H groups in total. The highest BCUT2D eigenvalue weighted by Crippen LogP contribution is 2.24. The van der Waals surface area contributed by atoms with Gasteiger partial charge in [0.05, 0.1) is 25.5 Å². The first-order chi connectivity index (χ1) is 9.22. The van der Waals surface area contributed by atoms with Gasteiger partial charge in [-0.15, -0.1) is 0 Å². The van der Waals surface area contributed by atoms with E-state index in [-0.39, 0.29) is 18.5 Å². The van der Waals surface area contributed by atoms with E-state index >= 15 is 0 Å². The molecule has 1 aliphatic heterocycles. The first-order valence-corrected chi connectivity index (χ1v) is 6.68. The molecule has 0 saturated carbocycles. The van der Waals surface area contributed by atoms with Gasteiger partial charge in [-0.2, -0.15) is 0 Å². The lowest BCUT2D eigenvalue weighted by Gasteiger charge is -2.29. The second-order valence-corrected chi connectivity index (χ2v) is 4.71. The summed E-state index contributed by atoms with van der Waals surface area (Å²) in [5, 5.41) is 11.9. The average molecular weight is 268 g/mol. The predicted molar refractivity (Wildman–Crippen MR) is 72.9 cm³/mol. The summed E-state index contributed by atoms with van der Waals surface area (Å²) in [5.41, 5.74) is 1.53. The van der Waals surface area contributed by atoms with Crippen molar-refractivity contribution in [3.05, 3.63) is 29.6 Å². The molecule has 1 saturated heterocycles. The van der Waals surface area contributed by atoms with Crippen LogP contribution in [0.4, 0.5) is 10.1 Å². The molecule has 0 aliphatic carbocycles. The molecule has 1 aromatic rings. The Morgan fingerprint density at radius 1 is 1.42 bits per heavy atom. The van der Waals surface area contributed by atoms with Crippen LogP contribution in [0.1, 0.15) is 18.5 Å². The first-order valence-electron chi connectivity index (χ1n) is 6.68. The minimum atomic E-state index is -0.197. The van der Waals surface area contributed by atoms with Gasteiger partial charge in [0.25, 0.3) is 0 Å². The van der Waals surface area contributed by atoms with Crippen molar-refractivity contribution < 1.29 is 14.2 Å². The van der Waals surface area contributed by atoms with Crippen LogP contribution in [0.2, 0.25) is 0 Å². The Balaban J connectivity index is 2.07. The van der Waals surface area contributed by atoms with E-state index in [1.807, 2.05) is 24.0 Å². The number of rotatable bonds is 5. The van der Waals surface area contributed by atoms with E-state index in [2.05, 4.69) is 5.32 Å². The first kappa shape index (κ1) is 14.2. The second-order valence-electron chi connectivity index (χ2n) is 4.71. The van der Waals surface area contributed by atoms with Crippen LogP contribution in [0.3, 0.4) is 0 Å². The normalized spacial score (nSPS) is 17.5. The molecule has 0 radical (unpaired) electrons. The van der Waals surface area contributed by atoms with E-state index in [4.69, 9.17) is 9.84 Å². The summed E-state index contributed by atoms with van der Waals surface area (Å²) in [6.45, 7) is 5.31. The summed E-state index contributed by atoms with van der Waals surface area (Å²) in [5.74, 6) is -0.197. The van der Waals surface area contributed by atoms with E-state index in [9.17, 15) is 4.39 Å². The van der Waals surface area contributed by atoms with Crippen molar-refractivity contribution >= 4 is 5.69 Å². The maximum atomic E-state index is 14.2. The number of ether oxygens (including phenoxy) is 1. The third kappa shape index (κ3) is 3.65. The molecular weight excluding hydrogens is 247 g/mol. The SMILES string of the molecule is C[C@@H](NCCO)c1ccc(N2CCOCC2)c(F)c1. The molecule has 0 bridgehead atoms. The molecule has 0 amide bonds. The van der Waals surface area contributed by atoms with Crippen LogP contribution in [-0.4, -0.2) is 44.6 Å². The number of nitrogens with one attached hydrogen (secondary N) is 1. The number of nitrogens with zero attached hydrogens (tertiary/aromatic N) is 1. The Morgan fingerprint density at radius 2 is 2.16 bits per heavy atom. The minimum absolute atomic E-state index is 0.0281. The van der Waals surface area contributed by atoms with Gasteiger partial charge in [0.15, 0.2) is 0 Å². The third-order valence-corrected chi connectivity index (χ3v) is 3.39. The number of aliphatic hydroxyl groups excluding tert-OH is 1. The van der Waals surface area contributed by atoms with E-state index in [0.29, 0.717) is 25.4 Å². The van der Waals surface area contributed by atoms with Crippen molar-refractivity contribution in [2.45, 2.75) is 13.0 Å². The topological polar surface area (TPSA) is 44.7 Å². The van der Waals surface area contributed by atoms with Gasteiger partial charge >= 0.3 is 0 Å². The molecular formula is C14H21FN2O2. The highest BCUT2D eigenvalue weighted by atomic mass is 19.1. The fourth-order valence-electron chi connectivity index (χ4n) is 2.25. The summed E-state index contributed by atoms with van der Waals surface area (Å²) in [6, 6.07) is 5.36. The van der Waals surface area contributed by atoms with Gasteiger partial charge in [-0.3, -0.25) is 0 Å². The Kier molecular flexibility index (Phi) is 5.13. The van der Waals surface area contributed by atoms with Crippen LogP contribution < -0.4 is 10.2 Å². The molecule has 1 aromatic carbocycles. The molecule has 0 aromatic heterocycles. The highest BCUT2D eigenvalue weighted by Gasteiger charge is 2.16. The van der Waals surface area contributed by atoms with E-state index in [1.165, 1.54) is 0 Å². The quantitative estimate of drug-likeness (QED) is 0.845. The Morgan fingerprint density at radius 3 is 2.79 bits per heavy atom. The Bertz CT molecular complexity index is 408. The molecule has 5 heteroatoms. The highest BCUT2D eigenvalue weighted by molar-refractivity contribution is 5.49. The molecule has 106 valence electrons. The van der Waals surface area contributed by atoms with Crippen molar-refractivity contribution in [1.82, 2.24) is 5.32 Å². The van der Waals surface area contributed by atoms with Gasteiger partial charge in [-0.1, -0.05) is 6.07 Å². The van der Waals surface area contributed by atoms with Crippen molar-refractivity contribution in [3.8, 4) is 0 Å². The lowest BCUT2D eigenvalue weighted by molar-refractivity contribution is 0.122. The fraction of sp³-hybridized carbons (Fsp3) is 0.571. The van der Waals surface area contributed by atoms with Crippen LogP contribution in [0.15, 0.2) is 18.2 Å². The molecule has 1 fully saturated rings. The Labute approximate surface area is 113 Å². The lowest BCUT2D eigenvalue weighted by Crippen LogP contribution is -2.36. The molecule has 4 nitrogen and oxygen atoms in total. The van der Waals surface area contributed by atoms with Gasteiger partial charge in [0.1, 0.15) is 5.82 Å². The molecule has 19 heavy (non-hydrogen) atoms. The molecule has 0 unspecified atom stereocenters.